The van der Waals surface area contributed by atoms with Gasteiger partial charge < -0.3 is 19.1 Å². The van der Waals surface area contributed by atoms with E-state index in [1.54, 1.807) is 25.3 Å². The van der Waals surface area contributed by atoms with Crippen molar-refractivity contribution in [1.29, 1.82) is 0 Å². The molecule has 7 nitrogen and oxygen atoms in total. The zero-order valence-corrected chi connectivity index (χ0v) is 15.9. The number of benzene rings is 2. The summed E-state index contributed by atoms with van der Waals surface area (Å²) >= 11 is 0. The molecule has 0 saturated carbocycles. The lowest BCUT2D eigenvalue weighted by molar-refractivity contribution is 0.171. The van der Waals surface area contributed by atoms with Crippen LogP contribution in [0.2, 0.25) is 0 Å². The van der Waals surface area contributed by atoms with Gasteiger partial charge in [-0.15, -0.1) is 0 Å². The summed E-state index contributed by atoms with van der Waals surface area (Å²) in [6.07, 6.45) is 0. The van der Waals surface area contributed by atoms with E-state index in [1.165, 1.54) is 4.31 Å². The summed E-state index contributed by atoms with van der Waals surface area (Å²) in [5, 5.41) is 0. The molecule has 2 aromatic rings. The first-order valence-corrected chi connectivity index (χ1v) is 10.3. The summed E-state index contributed by atoms with van der Waals surface area (Å²) in [7, 11) is -1.94. The van der Waals surface area contributed by atoms with Crippen molar-refractivity contribution in [1.82, 2.24) is 4.31 Å². The molecule has 2 aromatic carbocycles. The summed E-state index contributed by atoms with van der Waals surface area (Å²) in [5.41, 5.74) is 0.983. The molecule has 0 aromatic heterocycles. The number of rotatable bonds is 4. The largest absolute Gasteiger partial charge is 0.495 e. The topological polar surface area (TPSA) is 68.3 Å². The zero-order valence-electron chi connectivity index (χ0n) is 15.1. The number of hydrogen-bond acceptors (Lipinski definition) is 6. The SMILES string of the molecule is COc1ccccc1N1CCN(S(=O)(=O)c2ccc3c(c2)OCCO3)CC1. The van der Waals surface area contributed by atoms with Crippen LogP contribution in [-0.4, -0.2) is 59.2 Å². The van der Waals surface area contributed by atoms with Gasteiger partial charge in [-0.25, -0.2) is 8.42 Å². The van der Waals surface area contributed by atoms with Gasteiger partial charge in [0.2, 0.25) is 10.0 Å². The summed E-state index contributed by atoms with van der Waals surface area (Å²) in [4.78, 5) is 2.38. The van der Waals surface area contributed by atoms with Gasteiger partial charge in [-0.3, -0.25) is 0 Å². The molecule has 0 aliphatic carbocycles. The van der Waals surface area contributed by atoms with Crippen LogP contribution in [0, 0.1) is 0 Å². The average Bonchev–Trinajstić information content (AvgIpc) is 2.73. The molecule has 27 heavy (non-hydrogen) atoms. The molecule has 4 rings (SSSR count). The molecule has 0 bridgehead atoms. The van der Waals surface area contributed by atoms with Crippen LogP contribution in [0.5, 0.6) is 17.2 Å². The van der Waals surface area contributed by atoms with Crippen molar-refractivity contribution in [2.24, 2.45) is 0 Å². The first kappa shape index (κ1) is 17.9. The number of fused-ring (bicyclic) bond motifs is 1. The van der Waals surface area contributed by atoms with Crippen molar-refractivity contribution < 1.29 is 22.6 Å². The highest BCUT2D eigenvalue weighted by Gasteiger charge is 2.30. The Kier molecular flexibility index (Phi) is 4.84. The quantitative estimate of drug-likeness (QED) is 0.795. The lowest BCUT2D eigenvalue weighted by Gasteiger charge is -2.36. The van der Waals surface area contributed by atoms with E-state index in [2.05, 4.69) is 4.90 Å². The van der Waals surface area contributed by atoms with Crippen LogP contribution < -0.4 is 19.1 Å². The van der Waals surface area contributed by atoms with E-state index >= 15 is 0 Å². The zero-order chi connectivity index (χ0) is 18.9. The number of sulfonamides is 1. The van der Waals surface area contributed by atoms with Crippen LogP contribution in [0.3, 0.4) is 0 Å². The Morgan fingerprint density at radius 1 is 0.926 bits per heavy atom. The van der Waals surface area contributed by atoms with Crippen LogP contribution in [0.4, 0.5) is 5.69 Å². The standard InChI is InChI=1S/C19H22N2O5S/c1-24-17-5-3-2-4-16(17)20-8-10-21(11-9-20)27(22,23)15-6-7-18-19(14-15)26-13-12-25-18/h2-7,14H,8-13H2,1H3. The maximum Gasteiger partial charge on any atom is 0.243 e. The number of para-hydroxylation sites is 2. The van der Waals surface area contributed by atoms with Gasteiger partial charge in [0.15, 0.2) is 11.5 Å². The van der Waals surface area contributed by atoms with E-state index in [4.69, 9.17) is 14.2 Å². The molecule has 144 valence electrons. The van der Waals surface area contributed by atoms with Crippen molar-refractivity contribution in [3.8, 4) is 17.2 Å². The first-order chi connectivity index (χ1) is 13.1. The minimum atomic E-state index is -3.58. The number of hydrogen-bond donors (Lipinski definition) is 0. The first-order valence-electron chi connectivity index (χ1n) is 8.87. The number of methoxy groups -OCH3 is 1. The molecule has 0 N–H and O–H groups in total. The second kappa shape index (κ2) is 7.28. The van der Waals surface area contributed by atoms with Gasteiger partial charge in [-0.1, -0.05) is 12.1 Å². The van der Waals surface area contributed by atoms with Crippen LogP contribution in [-0.2, 0) is 10.0 Å². The van der Waals surface area contributed by atoms with E-state index in [0.717, 1.165) is 11.4 Å². The second-order valence-electron chi connectivity index (χ2n) is 6.37. The van der Waals surface area contributed by atoms with Gasteiger partial charge in [0.25, 0.3) is 0 Å². The van der Waals surface area contributed by atoms with Crippen molar-refractivity contribution >= 4 is 15.7 Å². The van der Waals surface area contributed by atoms with Gasteiger partial charge >= 0.3 is 0 Å². The predicted molar refractivity (Wildman–Crippen MR) is 101 cm³/mol. The molecule has 2 aliphatic heterocycles. The maximum absolute atomic E-state index is 13.0. The minimum Gasteiger partial charge on any atom is -0.495 e. The molecule has 1 saturated heterocycles. The normalized spacial score (nSPS) is 17.6. The number of anilines is 1. The third-order valence-electron chi connectivity index (χ3n) is 4.82. The summed E-state index contributed by atoms with van der Waals surface area (Å²) in [6, 6.07) is 12.6. The molecule has 2 aliphatic rings. The van der Waals surface area contributed by atoms with Crippen LogP contribution >= 0.6 is 0 Å². The smallest absolute Gasteiger partial charge is 0.243 e. The highest BCUT2D eigenvalue weighted by Crippen LogP contribution is 2.34. The molecule has 8 heteroatoms. The fourth-order valence-electron chi connectivity index (χ4n) is 3.39. The van der Waals surface area contributed by atoms with Gasteiger partial charge in [0.1, 0.15) is 19.0 Å². The Morgan fingerprint density at radius 3 is 2.37 bits per heavy atom. The molecule has 0 amide bonds. The lowest BCUT2D eigenvalue weighted by atomic mass is 10.2. The van der Waals surface area contributed by atoms with E-state index in [9.17, 15) is 8.42 Å². The molecular weight excluding hydrogens is 368 g/mol. The molecule has 0 spiro atoms. The third kappa shape index (κ3) is 3.42. The van der Waals surface area contributed by atoms with Crippen molar-refractivity contribution in [3.05, 3.63) is 42.5 Å². The molecule has 0 atom stereocenters. The Labute approximate surface area is 159 Å². The third-order valence-corrected chi connectivity index (χ3v) is 6.71. The van der Waals surface area contributed by atoms with Gasteiger partial charge in [-0.2, -0.15) is 4.31 Å². The van der Waals surface area contributed by atoms with Crippen LogP contribution in [0.25, 0.3) is 0 Å². The fraction of sp³-hybridized carbons (Fsp3) is 0.368. The lowest BCUT2D eigenvalue weighted by Crippen LogP contribution is -2.48. The fourth-order valence-corrected chi connectivity index (χ4v) is 4.83. The molecular formula is C19H22N2O5S. The molecule has 1 fully saturated rings. The van der Waals surface area contributed by atoms with Crippen molar-refractivity contribution in [2.45, 2.75) is 4.90 Å². The number of piperazine rings is 1. The monoisotopic (exact) mass is 390 g/mol. The highest BCUT2D eigenvalue weighted by molar-refractivity contribution is 7.89. The predicted octanol–water partition coefficient (Wildman–Crippen LogP) is 1.98. The Hall–Kier alpha value is -2.45. The molecule has 0 unspecified atom stereocenters. The summed E-state index contributed by atoms with van der Waals surface area (Å²) in [5.74, 6) is 1.86. The van der Waals surface area contributed by atoms with Gasteiger partial charge in [-0.05, 0) is 24.3 Å². The summed E-state index contributed by atoms with van der Waals surface area (Å²) in [6.45, 7) is 2.93. The maximum atomic E-state index is 13.0. The van der Waals surface area contributed by atoms with E-state index < -0.39 is 10.0 Å². The van der Waals surface area contributed by atoms with Gasteiger partial charge in [0.05, 0.1) is 17.7 Å². The van der Waals surface area contributed by atoms with Gasteiger partial charge in [0, 0.05) is 32.2 Å². The van der Waals surface area contributed by atoms with E-state index in [-0.39, 0.29) is 4.90 Å². The number of ether oxygens (including phenoxy) is 3. The molecule has 0 radical (unpaired) electrons. The molecule has 2 heterocycles. The van der Waals surface area contributed by atoms with Crippen molar-refractivity contribution in [3.63, 3.8) is 0 Å². The van der Waals surface area contributed by atoms with Crippen LogP contribution in [0.1, 0.15) is 0 Å². The number of nitrogens with zero attached hydrogens (tertiary/aromatic N) is 2. The highest BCUT2D eigenvalue weighted by atomic mass is 32.2. The van der Waals surface area contributed by atoms with E-state index in [1.807, 2.05) is 24.3 Å². The Balaban J connectivity index is 1.50. The Morgan fingerprint density at radius 2 is 1.63 bits per heavy atom. The van der Waals surface area contributed by atoms with Crippen molar-refractivity contribution in [2.75, 3.05) is 51.4 Å². The average molecular weight is 390 g/mol. The minimum absolute atomic E-state index is 0.234. The van der Waals surface area contributed by atoms with E-state index in [0.29, 0.717) is 50.9 Å². The van der Waals surface area contributed by atoms with Crippen LogP contribution in [0.15, 0.2) is 47.4 Å². The second-order valence-corrected chi connectivity index (χ2v) is 8.31. The Bertz CT molecular complexity index is 923. The summed E-state index contributed by atoms with van der Waals surface area (Å²) < 4.78 is 44.0.